The van der Waals surface area contributed by atoms with Crippen LogP contribution in [0, 0.1) is 0 Å². The fourth-order valence-corrected chi connectivity index (χ4v) is 1.18. The van der Waals surface area contributed by atoms with Gasteiger partial charge in [0, 0.05) is 30.7 Å². The normalized spacial score (nSPS) is 17.1. The summed E-state index contributed by atoms with van der Waals surface area (Å²) in [5.41, 5.74) is 8.80. The Morgan fingerprint density at radius 3 is 2.93 bits per heavy atom. The average Bonchev–Trinajstić information content (AvgIpc) is 2.24. The van der Waals surface area contributed by atoms with Gasteiger partial charge in [-0.05, 0) is 18.9 Å². The number of nitrogens with one attached hydrogen (secondary N) is 1. The Hall–Kier alpha value is -2.10. The third-order valence-corrected chi connectivity index (χ3v) is 1.90. The minimum atomic E-state index is 0.622. The summed E-state index contributed by atoms with van der Waals surface area (Å²) in [6, 6.07) is 0. The second kappa shape index (κ2) is 4.95. The molecule has 1 aliphatic rings. The van der Waals surface area contributed by atoms with E-state index in [0.717, 1.165) is 17.0 Å². The highest BCUT2D eigenvalue weighted by Crippen LogP contribution is 2.14. The number of nitrogens with zero attached hydrogens (tertiary/aromatic N) is 2. The predicted octanol–water partition coefficient (Wildman–Crippen LogP) is 1.11. The van der Waals surface area contributed by atoms with Crippen molar-refractivity contribution < 1.29 is 0 Å². The molecular weight excluding hydrogens is 188 g/mol. The van der Waals surface area contributed by atoms with Crippen molar-refractivity contribution in [3.63, 3.8) is 0 Å². The van der Waals surface area contributed by atoms with Crippen LogP contribution in [0.25, 0.3) is 0 Å². The molecule has 0 saturated heterocycles. The highest BCUT2D eigenvalue weighted by molar-refractivity contribution is 6.11. The summed E-state index contributed by atoms with van der Waals surface area (Å²) in [4.78, 5) is 7.74. The lowest BCUT2D eigenvalue weighted by Crippen LogP contribution is -2.19. The Morgan fingerprint density at radius 1 is 1.60 bits per heavy atom. The Kier molecular flexibility index (Phi) is 3.62. The molecule has 0 radical (unpaired) electrons. The van der Waals surface area contributed by atoms with Crippen LogP contribution in [-0.2, 0) is 0 Å². The van der Waals surface area contributed by atoms with Gasteiger partial charge < -0.3 is 11.1 Å². The van der Waals surface area contributed by atoms with Crippen molar-refractivity contribution in [1.82, 2.24) is 5.32 Å². The summed E-state index contributed by atoms with van der Waals surface area (Å²) in [5, 5.41) is 2.92. The summed E-state index contributed by atoms with van der Waals surface area (Å²) in [6.45, 7) is 7.15. The van der Waals surface area contributed by atoms with Gasteiger partial charge in [0.05, 0.1) is 11.4 Å². The predicted molar refractivity (Wildman–Crippen MR) is 64.7 cm³/mol. The molecule has 1 heterocycles. The Morgan fingerprint density at radius 2 is 2.33 bits per heavy atom. The van der Waals surface area contributed by atoms with Crippen molar-refractivity contribution in [1.29, 1.82) is 0 Å². The van der Waals surface area contributed by atoms with Gasteiger partial charge in [0.25, 0.3) is 0 Å². The molecular formula is C11H14N4. The summed E-state index contributed by atoms with van der Waals surface area (Å²) >= 11 is 0. The first-order valence-corrected chi connectivity index (χ1v) is 4.41. The van der Waals surface area contributed by atoms with E-state index in [4.69, 9.17) is 5.73 Å². The number of hydrogen-bond donors (Lipinski definition) is 2. The SMILES string of the molecule is C=N/C=C\C(=N/C)C1=CC(=C)NC=C1N. The highest BCUT2D eigenvalue weighted by atomic mass is 14.9. The molecule has 4 heteroatoms. The first-order chi connectivity index (χ1) is 7.19. The first kappa shape index (κ1) is 11.0. The molecule has 0 aromatic heterocycles. The number of aliphatic imine (C=N–C) groups is 2. The van der Waals surface area contributed by atoms with E-state index >= 15 is 0 Å². The Labute approximate surface area is 89.3 Å². The Bertz CT molecular complexity index is 397. The summed E-state index contributed by atoms with van der Waals surface area (Å²) < 4.78 is 0. The zero-order valence-corrected chi connectivity index (χ0v) is 8.70. The molecule has 0 unspecified atom stereocenters. The van der Waals surface area contributed by atoms with Crippen LogP contribution in [0.4, 0.5) is 0 Å². The van der Waals surface area contributed by atoms with Gasteiger partial charge >= 0.3 is 0 Å². The van der Waals surface area contributed by atoms with Crippen LogP contribution in [0.1, 0.15) is 0 Å². The number of hydrogen-bond acceptors (Lipinski definition) is 4. The smallest absolute Gasteiger partial charge is 0.0680 e. The molecule has 78 valence electrons. The number of dihydropyridines is 1. The van der Waals surface area contributed by atoms with E-state index in [1.54, 1.807) is 25.5 Å². The fraction of sp³-hybridized carbons (Fsp3) is 0.0909. The first-order valence-electron chi connectivity index (χ1n) is 4.41. The summed E-state index contributed by atoms with van der Waals surface area (Å²) in [5.74, 6) is 0. The van der Waals surface area contributed by atoms with Crippen LogP contribution >= 0.6 is 0 Å². The quantitative estimate of drug-likeness (QED) is 0.673. The molecule has 0 aromatic carbocycles. The van der Waals surface area contributed by atoms with Crippen molar-refractivity contribution in [2.24, 2.45) is 15.7 Å². The molecule has 3 N–H and O–H groups in total. The van der Waals surface area contributed by atoms with E-state index in [-0.39, 0.29) is 0 Å². The molecule has 1 aliphatic heterocycles. The van der Waals surface area contributed by atoms with Gasteiger partial charge in [-0.1, -0.05) is 6.58 Å². The molecule has 0 fully saturated rings. The lowest BCUT2D eigenvalue weighted by atomic mass is 10.0. The molecule has 0 bridgehead atoms. The van der Waals surface area contributed by atoms with Crippen LogP contribution < -0.4 is 11.1 Å². The lowest BCUT2D eigenvalue weighted by molar-refractivity contribution is 1.06. The van der Waals surface area contributed by atoms with E-state index < -0.39 is 0 Å². The molecule has 0 atom stereocenters. The third-order valence-electron chi connectivity index (χ3n) is 1.90. The van der Waals surface area contributed by atoms with E-state index in [2.05, 4.69) is 28.6 Å². The summed E-state index contributed by atoms with van der Waals surface area (Å²) in [7, 11) is 1.70. The van der Waals surface area contributed by atoms with Gasteiger partial charge in [-0.15, -0.1) is 0 Å². The molecule has 4 nitrogen and oxygen atoms in total. The maximum Gasteiger partial charge on any atom is 0.0680 e. The molecule has 0 saturated carbocycles. The monoisotopic (exact) mass is 202 g/mol. The molecule has 0 amide bonds. The number of allylic oxidation sites excluding steroid dienone is 3. The second-order valence-electron chi connectivity index (χ2n) is 2.93. The largest absolute Gasteiger partial charge is 0.397 e. The second-order valence-corrected chi connectivity index (χ2v) is 2.93. The van der Waals surface area contributed by atoms with Gasteiger partial charge in [0.1, 0.15) is 0 Å². The molecule has 0 aromatic rings. The van der Waals surface area contributed by atoms with Gasteiger partial charge in [-0.2, -0.15) is 0 Å². The van der Waals surface area contributed by atoms with E-state index in [0.29, 0.717) is 5.70 Å². The molecule has 15 heavy (non-hydrogen) atoms. The topological polar surface area (TPSA) is 62.8 Å². The minimum Gasteiger partial charge on any atom is -0.397 e. The molecule has 0 spiro atoms. The van der Waals surface area contributed by atoms with Crippen molar-refractivity contribution in [2.45, 2.75) is 0 Å². The molecule has 0 aliphatic carbocycles. The maximum atomic E-state index is 5.82. The fourth-order valence-electron chi connectivity index (χ4n) is 1.18. The van der Waals surface area contributed by atoms with E-state index in [9.17, 15) is 0 Å². The van der Waals surface area contributed by atoms with Gasteiger partial charge in [0.2, 0.25) is 0 Å². The van der Waals surface area contributed by atoms with Gasteiger partial charge in [-0.3, -0.25) is 9.98 Å². The van der Waals surface area contributed by atoms with Crippen molar-refractivity contribution in [3.8, 4) is 0 Å². The number of rotatable bonds is 3. The third kappa shape index (κ3) is 2.67. The lowest BCUT2D eigenvalue weighted by Gasteiger charge is -2.14. The standard InChI is InChI=1S/C11H14N4/c1-8-6-9(10(12)7-15-8)11(14-3)4-5-13-2/h4-7,15H,1-2,12H2,3H3/b5-4-,14-11+. The van der Waals surface area contributed by atoms with Gasteiger partial charge in [0.15, 0.2) is 0 Å². The summed E-state index contributed by atoms with van der Waals surface area (Å²) in [6.07, 6.45) is 6.85. The van der Waals surface area contributed by atoms with Crippen molar-refractivity contribution in [2.75, 3.05) is 7.05 Å². The Balaban J connectivity index is 3.04. The van der Waals surface area contributed by atoms with E-state index in [1.807, 2.05) is 6.08 Å². The maximum absolute atomic E-state index is 5.82. The van der Waals surface area contributed by atoms with Crippen LogP contribution in [0.3, 0.4) is 0 Å². The zero-order valence-electron chi connectivity index (χ0n) is 8.70. The van der Waals surface area contributed by atoms with Crippen molar-refractivity contribution >= 4 is 12.4 Å². The minimum absolute atomic E-state index is 0.622. The van der Waals surface area contributed by atoms with Crippen LogP contribution in [0.5, 0.6) is 0 Å². The van der Waals surface area contributed by atoms with Crippen LogP contribution in [0.15, 0.2) is 58.1 Å². The van der Waals surface area contributed by atoms with Crippen LogP contribution in [-0.4, -0.2) is 19.5 Å². The average molecular weight is 202 g/mol. The van der Waals surface area contributed by atoms with Crippen molar-refractivity contribution in [3.05, 3.63) is 48.1 Å². The molecule has 1 rings (SSSR count). The van der Waals surface area contributed by atoms with Gasteiger partial charge in [-0.25, -0.2) is 0 Å². The highest BCUT2D eigenvalue weighted by Gasteiger charge is 2.10. The van der Waals surface area contributed by atoms with Crippen LogP contribution in [0.2, 0.25) is 0 Å². The zero-order chi connectivity index (χ0) is 11.3. The number of nitrogens with two attached hydrogens (primary N) is 1. The van der Waals surface area contributed by atoms with E-state index in [1.165, 1.54) is 0 Å².